The zero-order valence-corrected chi connectivity index (χ0v) is 10.7. The molecule has 7 heteroatoms. The number of carbonyl (C=O) groups excluding carboxylic acids is 1. The van der Waals surface area contributed by atoms with Gasteiger partial charge in [0.1, 0.15) is 12.2 Å². The molecule has 1 rings (SSSR count). The minimum atomic E-state index is -1.48. The lowest BCUT2D eigenvalue weighted by molar-refractivity contribution is -0.253. The maximum Gasteiger partial charge on any atom is 0.223 e. The zero-order chi connectivity index (χ0) is 14.1. The second kappa shape index (κ2) is 5.50. The highest BCUT2D eigenvalue weighted by molar-refractivity contribution is 5.77. The van der Waals surface area contributed by atoms with E-state index in [2.05, 4.69) is 5.32 Å². The van der Waals surface area contributed by atoms with Gasteiger partial charge in [0.2, 0.25) is 5.91 Å². The Bertz CT molecular complexity index is 302. The Morgan fingerprint density at radius 3 is 2.33 bits per heavy atom. The summed E-state index contributed by atoms with van der Waals surface area (Å²) in [4.78, 5) is 11.6. The molecule has 5 N–H and O–H groups in total. The Balaban J connectivity index is 2.62. The average Bonchev–Trinajstić information content (AvgIpc) is 2.19. The van der Waals surface area contributed by atoms with Gasteiger partial charge in [-0.15, -0.1) is 0 Å². The van der Waals surface area contributed by atoms with Crippen LogP contribution in [-0.4, -0.2) is 62.6 Å². The van der Waals surface area contributed by atoms with Gasteiger partial charge in [0.15, 0.2) is 6.29 Å². The van der Waals surface area contributed by atoms with Gasteiger partial charge in [0.05, 0.1) is 24.2 Å². The summed E-state index contributed by atoms with van der Waals surface area (Å²) in [6.07, 6.45) is -5.06. The molecule has 0 aromatic heterocycles. The molecule has 0 spiro atoms. The first-order valence-electron chi connectivity index (χ1n) is 5.83. The fourth-order valence-electron chi connectivity index (χ4n) is 1.88. The van der Waals surface area contributed by atoms with Crippen molar-refractivity contribution in [3.8, 4) is 0 Å². The molecule has 0 aromatic carbocycles. The van der Waals surface area contributed by atoms with Crippen molar-refractivity contribution in [1.29, 1.82) is 0 Å². The van der Waals surface area contributed by atoms with E-state index in [9.17, 15) is 25.2 Å². The maximum atomic E-state index is 11.6. The van der Waals surface area contributed by atoms with Crippen molar-refractivity contribution in [2.45, 2.75) is 63.4 Å². The second-order valence-electron chi connectivity index (χ2n) is 5.30. The molecule has 1 unspecified atom stereocenters. The molecule has 106 valence electrons. The molecule has 1 aliphatic rings. The topological polar surface area (TPSA) is 119 Å². The lowest BCUT2D eigenvalue weighted by atomic mass is 9.96. The lowest BCUT2D eigenvalue weighted by Gasteiger charge is -2.40. The molecular formula is C11H21NO6. The van der Waals surface area contributed by atoms with Crippen LogP contribution in [0.5, 0.6) is 0 Å². The Morgan fingerprint density at radius 2 is 1.83 bits per heavy atom. The SMILES string of the molecule is C[C@H]1OC(O)[C@H](O)[C@@H](O)[C@@H]1NC(=O)CC(C)(C)O. The average molecular weight is 263 g/mol. The van der Waals surface area contributed by atoms with Crippen molar-refractivity contribution < 1.29 is 30.0 Å². The standard InChI is InChI=1S/C11H21NO6/c1-5-7(8(14)9(15)10(16)18-5)12-6(13)4-11(2,3)17/h5,7-10,14-17H,4H2,1-3H3,(H,12,13)/t5-,7-,8+,9-,10?/m1/s1. The predicted octanol–water partition coefficient (Wildman–Crippen LogP) is -1.91. The highest BCUT2D eigenvalue weighted by Crippen LogP contribution is 2.20. The second-order valence-corrected chi connectivity index (χ2v) is 5.30. The van der Waals surface area contributed by atoms with Gasteiger partial charge in [0.25, 0.3) is 0 Å². The molecule has 0 saturated carbocycles. The Labute approximate surface area is 105 Å². The number of aliphatic hydroxyl groups is 4. The van der Waals surface area contributed by atoms with Crippen LogP contribution in [0, 0.1) is 0 Å². The van der Waals surface area contributed by atoms with Gasteiger partial charge in [-0.1, -0.05) is 0 Å². The number of carbonyl (C=O) groups is 1. The molecular weight excluding hydrogens is 242 g/mol. The minimum Gasteiger partial charge on any atom is -0.390 e. The van der Waals surface area contributed by atoms with Crippen molar-refractivity contribution in [1.82, 2.24) is 5.32 Å². The van der Waals surface area contributed by atoms with Gasteiger partial charge < -0.3 is 30.5 Å². The predicted molar refractivity (Wildman–Crippen MR) is 61.4 cm³/mol. The first-order valence-corrected chi connectivity index (χ1v) is 5.83. The van der Waals surface area contributed by atoms with Crippen molar-refractivity contribution in [3.05, 3.63) is 0 Å². The molecule has 7 nitrogen and oxygen atoms in total. The van der Waals surface area contributed by atoms with E-state index < -0.39 is 42.2 Å². The van der Waals surface area contributed by atoms with Crippen molar-refractivity contribution in [2.75, 3.05) is 0 Å². The minimum absolute atomic E-state index is 0.137. The van der Waals surface area contributed by atoms with E-state index in [1.807, 2.05) is 0 Å². The summed E-state index contributed by atoms with van der Waals surface area (Å²) >= 11 is 0. The molecule has 0 aliphatic carbocycles. The summed E-state index contributed by atoms with van der Waals surface area (Å²) in [6.45, 7) is 4.54. The third kappa shape index (κ3) is 3.89. The smallest absolute Gasteiger partial charge is 0.223 e. The summed E-state index contributed by atoms with van der Waals surface area (Å²) in [5, 5.41) is 40.5. The Kier molecular flexibility index (Phi) is 4.68. The van der Waals surface area contributed by atoms with E-state index >= 15 is 0 Å². The number of rotatable bonds is 3. The van der Waals surface area contributed by atoms with Crippen molar-refractivity contribution in [2.24, 2.45) is 0 Å². The molecule has 1 aliphatic heterocycles. The van der Waals surface area contributed by atoms with Crippen molar-refractivity contribution in [3.63, 3.8) is 0 Å². The van der Waals surface area contributed by atoms with Crippen LogP contribution in [0.1, 0.15) is 27.2 Å². The first kappa shape index (κ1) is 15.3. The summed E-state index contributed by atoms with van der Waals surface area (Å²) in [7, 11) is 0. The van der Waals surface area contributed by atoms with Crippen LogP contribution >= 0.6 is 0 Å². The van der Waals surface area contributed by atoms with E-state index in [-0.39, 0.29) is 6.42 Å². The third-order valence-corrected chi connectivity index (χ3v) is 2.79. The number of ether oxygens (including phenoxy) is 1. The largest absolute Gasteiger partial charge is 0.390 e. The molecule has 0 aromatic rings. The van der Waals surface area contributed by atoms with Gasteiger partial charge in [-0.05, 0) is 20.8 Å². The molecule has 5 atom stereocenters. The summed E-state index contributed by atoms with van der Waals surface area (Å²) in [5.74, 6) is -0.467. The third-order valence-electron chi connectivity index (χ3n) is 2.79. The van der Waals surface area contributed by atoms with Gasteiger partial charge in [0, 0.05) is 0 Å². The highest BCUT2D eigenvalue weighted by atomic mass is 16.6. The zero-order valence-electron chi connectivity index (χ0n) is 10.7. The van der Waals surface area contributed by atoms with Gasteiger partial charge in [-0.2, -0.15) is 0 Å². The fraction of sp³-hybridized carbons (Fsp3) is 0.909. The number of amides is 1. The van der Waals surface area contributed by atoms with Crippen LogP contribution in [0.3, 0.4) is 0 Å². The highest BCUT2D eigenvalue weighted by Gasteiger charge is 2.42. The summed E-state index contributed by atoms with van der Waals surface area (Å²) in [5.41, 5.74) is -1.16. The van der Waals surface area contributed by atoms with Crippen LogP contribution in [-0.2, 0) is 9.53 Å². The molecule has 1 heterocycles. The number of hydrogen-bond donors (Lipinski definition) is 5. The normalized spacial score (nSPS) is 37.4. The lowest BCUT2D eigenvalue weighted by Crippen LogP contribution is -2.62. The monoisotopic (exact) mass is 263 g/mol. The maximum absolute atomic E-state index is 11.6. The molecule has 1 amide bonds. The number of nitrogens with one attached hydrogen (secondary N) is 1. The van der Waals surface area contributed by atoms with E-state index in [1.165, 1.54) is 13.8 Å². The molecule has 1 fully saturated rings. The number of aliphatic hydroxyl groups excluding tert-OH is 3. The quantitative estimate of drug-likeness (QED) is 0.405. The van der Waals surface area contributed by atoms with E-state index in [4.69, 9.17) is 4.74 Å². The summed E-state index contributed by atoms with van der Waals surface area (Å²) < 4.78 is 4.98. The fourth-order valence-corrected chi connectivity index (χ4v) is 1.88. The van der Waals surface area contributed by atoms with Crippen LogP contribution in [0.4, 0.5) is 0 Å². The Hall–Kier alpha value is -0.730. The van der Waals surface area contributed by atoms with Crippen LogP contribution in [0.2, 0.25) is 0 Å². The van der Waals surface area contributed by atoms with Gasteiger partial charge in [-0.25, -0.2) is 0 Å². The van der Waals surface area contributed by atoms with Crippen LogP contribution in [0.25, 0.3) is 0 Å². The first-order chi connectivity index (χ1) is 8.11. The van der Waals surface area contributed by atoms with Gasteiger partial charge >= 0.3 is 0 Å². The molecule has 0 bridgehead atoms. The van der Waals surface area contributed by atoms with E-state index in [0.717, 1.165) is 0 Å². The van der Waals surface area contributed by atoms with Crippen molar-refractivity contribution >= 4 is 5.91 Å². The Morgan fingerprint density at radius 1 is 1.28 bits per heavy atom. The van der Waals surface area contributed by atoms with E-state index in [0.29, 0.717) is 0 Å². The number of hydrogen-bond acceptors (Lipinski definition) is 6. The molecule has 0 radical (unpaired) electrons. The van der Waals surface area contributed by atoms with Gasteiger partial charge in [-0.3, -0.25) is 4.79 Å². The van der Waals surface area contributed by atoms with Crippen LogP contribution < -0.4 is 5.32 Å². The van der Waals surface area contributed by atoms with Crippen LogP contribution in [0.15, 0.2) is 0 Å². The molecule has 1 saturated heterocycles. The molecule has 18 heavy (non-hydrogen) atoms. The summed E-state index contributed by atoms with van der Waals surface area (Å²) in [6, 6.07) is -0.835. The van der Waals surface area contributed by atoms with E-state index in [1.54, 1.807) is 6.92 Å².